The van der Waals surface area contributed by atoms with Gasteiger partial charge in [-0.3, -0.25) is 4.79 Å². The second-order valence-electron chi connectivity index (χ2n) is 5.68. The number of ether oxygens (including phenoxy) is 1. The third-order valence-electron chi connectivity index (χ3n) is 3.92. The first-order valence-electron chi connectivity index (χ1n) is 7.15. The monoisotopic (exact) mass is 291 g/mol. The van der Waals surface area contributed by atoms with E-state index in [1.54, 1.807) is 13.0 Å². The van der Waals surface area contributed by atoms with Crippen molar-refractivity contribution < 1.29 is 19.4 Å². The number of carboxylic acids is 1. The van der Waals surface area contributed by atoms with E-state index in [-0.39, 0.29) is 23.5 Å². The van der Waals surface area contributed by atoms with Crippen LogP contribution in [0.15, 0.2) is 12.1 Å². The van der Waals surface area contributed by atoms with Crippen LogP contribution in [0, 0.1) is 19.8 Å². The van der Waals surface area contributed by atoms with Gasteiger partial charge in [0.1, 0.15) is 0 Å². The molecule has 114 valence electrons. The van der Waals surface area contributed by atoms with Gasteiger partial charge in [0.25, 0.3) is 0 Å². The number of rotatable bonds is 3. The minimum absolute atomic E-state index is 0.0616. The molecule has 5 nitrogen and oxygen atoms in total. The number of hydrogen-bond acceptors (Lipinski definition) is 3. The van der Waals surface area contributed by atoms with Crippen molar-refractivity contribution in [3.8, 4) is 0 Å². The molecule has 1 heterocycles. The molecule has 1 saturated heterocycles. The second-order valence-corrected chi connectivity index (χ2v) is 5.68. The van der Waals surface area contributed by atoms with Crippen molar-refractivity contribution in [3.05, 3.63) is 28.8 Å². The first-order valence-corrected chi connectivity index (χ1v) is 7.15. The maximum absolute atomic E-state index is 12.3. The summed E-state index contributed by atoms with van der Waals surface area (Å²) in [7, 11) is 0. The van der Waals surface area contributed by atoms with Crippen LogP contribution in [-0.4, -0.2) is 29.7 Å². The van der Waals surface area contributed by atoms with Crippen LogP contribution in [0.3, 0.4) is 0 Å². The molecule has 0 spiro atoms. The molecule has 0 unspecified atom stereocenters. The molecule has 2 N–H and O–H groups in total. The van der Waals surface area contributed by atoms with Gasteiger partial charge in [-0.05, 0) is 50.8 Å². The van der Waals surface area contributed by atoms with Crippen molar-refractivity contribution in [1.29, 1.82) is 0 Å². The summed E-state index contributed by atoms with van der Waals surface area (Å²) in [6.07, 6.45) is 1.48. The summed E-state index contributed by atoms with van der Waals surface area (Å²) in [5.41, 5.74) is 2.35. The fourth-order valence-electron chi connectivity index (χ4n) is 2.69. The van der Waals surface area contributed by atoms with Gasteiger partial charge in [-0.15, -0.1) is 0 Å². The lowest BCUT2D eigenvalue weighted by Gasteiger charge is -2.26. The van der Waals surface area contributed by atoms with Gasteiger partial charge in [-0.1, -0.05) is 6.07 Å². The van der Waals surface area contributed by atoms with E-state index in [0.717, 1.165) is 5.56 Å². The molecule has 0 saturated carbocycles. The predicted molar refractivity (Wildman–Crippen MR) is 79.6 cm³/mol. The van der Waals surface area contributed by atoms with Crippen molar-refractivity contribution in [3.63, 3.8) is 0 Å². The molecule has 0 aromatic heterocycles. The largest absolute Gasteiger partial charge is 0.478 e. The van der Waals surface area contributed by atoms with Gasteiger partial charge in [0.15, 0.2) is 0 Å². The zero-order chi connectivity index (χ0) is 15.6. The Kier molecular flexibility index (Phi) is 4.63. The highest BCUT2D eigenvalue weighted by atomic mass is 16.5. The standard InChI is InChI=1S/C16H21NO4/c1-9-6-10(2)14(8-13(9)16(19)20)17-15(18)12-4-5-21-11(3)7-12/h6,8,11-12H,4-5,7H2,1-3H3,(H,17,18)(H,19,20)/t11-,12-/m0/s1. The summed E-state index contributed by atoms with van der Waals surface area (Å²) < 4.78 is 5.44. The van der Waals surface area contributed by atoms with E-state index in [0.29, 0.717) is 30.7 Å². The van der Waals surface area contributed by atoms with Crippen molar-refractivity contribution in [2.24, 2.45) is 5.92 Å². The Morgan fingerprint density at radius 2 is 2.00 bits per heavy atom. The zero-order valence-electron chi connectivity index (χ0n) is 12.6. The van der Waals surface area contributed by atoms with Crippen LogP contribution in [0.1, 0.15) is 41.3 Å². The molecule has 0 aliphatic carbocycles. The van der Waals surface area contributed by atoms with E-state index >= 15 is 0 Å². The first kappa shape index (κ1) is 15.5. The molecular formula is C16H21NO4. The molecule has 1 aromatic rings. The Labute approximate surface area is 124 Å². The van der Waals surface area contributed by atoms with Crippen molar-refractivity contribution in [2.75, 3.05) is 11.9 Å². The Bertz CT molecular complexity index is 568. The van der Waals surface area contributed by atoms with Crippen molar-refractivity contribution in [1.82, 2.24) is 0 Å². The SMILES string of the molecule is Cc1cc(C)c(C(=O)O)cc1NC(=O)[C@H]1CCO[C@@H](C)C1. The summed E-state index contributed by atoms with van der Waals surface area (Å²) in [4.78, 5) is 23.5. The smallest absolute Gasteiger partial charge is 0.336 e. The maximum atomic E-state index is 12.3. The topological polar surface area (TPSA) is 75.6 Å². The van der Waals surface area contributed by atoms with Crippen LogP contribution in [0.5, 0.6) is 0 Å². The Morgan fingerprint density at radius 1 is 1.29 bits per heavy atom. The van der Waals surface area contributed by atoms with Crippen LogP contribution < -0.4 is 5.32 Å². The fourth-order valence-corrected chi connectivity index (χ4v) is 2.69. The average molecular weight is 291 g/mol. The highest BCUT2D eigenvalue weighted by molar-refractivity contribution is 5.96. The number of aryl methyl sites for hydroxylation is 2. The average Bonchev–Trinajstić information content (AvgIpc) is 2.41. The van der Waals surface area contributed by atoms with Gasteiger partial charge in [0, 0.05) is 18.2 Å². The van der Waals surface area contributed by atoms with Gasteiger partial charge in [0.05, 0.1) is 11.7 Å². The minimum atomic E-state index is -0.984. The van der Waals surface area contributed by atoms with Crippen LogP contribution >= 0.6 is 0 Å². The lowest BCUT2D eigenvalue weighted by atomic mass is 9.95. The molecule has 1 aromatic carbocycles. The number of nitrogens with one attached hydrogen (secondary N) is 1. The Balaban J connectivity index is 2.17. The number of aromatic carboxylic acids is 1. The van der Waals surface area contributed by atoms with Gasteiger partial charge >= 0.3 is 5.97 Å². The quantitative estimate of drug-likeness (QED) is 0.898. The highest BCUT2D eigenvalue weighted by Crippen LogP contribution is 2.25. The molecule has 2 rings (SSSR count). The van der Waals surface area contributed by atoms with E-state index in [4.69, 9.17) is 9.84 Å². The van der Waals surface area contributed by atoms with Crippen LogP contribution in [0.25, 0.3) is 0 Å². The maximum Gasteiger partial charge on any atom is 0.336 e. The summed E-state index contributed by atoms with van der Waals surface area (Å²) in [5.74, 6) is -1.13. The van der Waals surface area contributed by atoms with E-state index in [9.17, 15) is 9.59 Å². The lowest BCUT2D eigenvalue weighted by molar-refractivity contribution is -0.124. The number of hydrogen-bond donors (Lipinski definition) is 2. The summed E-state index contributed by atoms with van der Waals surface area (Å²) in [6.45, 7) is 6.16. The molecule has 1 aliphatic rings. The third-order valence-corrected chi connectivity index (χ3v) is 3.92. The van der Waals surface area contributed by atoms with E-state index in [1.807, 2.05) is 13.8 Å². The van der Waals surface area contributed by atoms with E-state index in [1.165, 1.54) is 6.07 Å². The van der Waals surface area contributed by atoms with Crippen molar-refractivity contribution >= 4 is 17.6 Å². The van der Waals surface area contributed by atoms with E-state index < -0.39 is 5.97 Å². The molecule has 21 heavy (non-hydrogen) atoms. The molecule has 0 bridgehead atoms. The first-order chi connectivity index (χ1) is 9.88. The Hall–Kier alpha value is -1.88. The van der Waals surface area contributed by atoms with Crippen LogP contribution in [0.4, 0.5) is 5.69 Å². The number of carbonyl (C=O) groups excluding carboxylic acids is 1. The summed E-state index contributed by atoms with van der Waals surface area (Å²) >= 11 is 0. The van der Waals surface area contributed by atoms with Crippen LogP contribution in [-0.2, 0) is 9.53 Å². The predicted octanol–water partition coefficient (Wildman–Crippen LogP) is 2.76. The number of carbonyl (C=O) groups is 2. The molecule has 0 radical (unpaired) electrons. The molecule has 1 fully saturated rings. The zero-order valence-corrected chi connectivity index (χ0v) is 12.6. The van der Waals surface area contributed by atoms with Gasteiger partial charge in [-0.2, -0.15) is 0 Å². The molecule has 5 heteroatoms. The normalized spacial score (nSPS) is 21.9. The number of benzene rings is 1. The number of carboxylic acid groups (broad SMARTS) is 1. The second kappa shape index (κ2) is 6.26. The van der Waals surface area contributed by atoms with Gasteiger partial charge in [0.2, 0.25) is 5.91 Å². The highest BCUT2D eigenvalue weighted by Gasteiger charge is 2.26. The van der Waals surface area contributed by atoms with E-state index in [2.05, 4.69) is 5.32 Å². The third kappa shape index (κ3) is 3.61. The fraction of sp³-hybridized carbons (Fsp3) is 0.500. The van der Waals surface area contributed by atoms with Crippen molar-refractivity contribution in [2.45, 2.75) is 39.7 Å². The molecule has 1 aliphatic heterocycles. The number of amides is 1. The van der Waals surface area contributed by atoms with Crippen LogP contribution in [0.2, 0.25) is 0 Å². The van der Waals surface area contributed by atoms with Gasteiger partial charge < -0.3 is 15.2 Å². The minimum Gasteiger partial charge on any atom is -0.478 e. The summed E-state index contributed by atoms with van der Waals surface area (Å²) in [6, 6.07) is 3.32. The molecular weight excluding hydrogens is 270 g/mol. The number of anilines is 1. The van der Waals surface area contributed by atoms with Gasteiger partial charge in [-0.25, -0.2) is 4.79 Å². The molecule has 2 atom stereocenters. The molecule has 1 amide bonds. The Morgan fingerprint density at radius 3 is 2.62 bits per heavy atom. The summed E-state index contributed by atoms with van der Waals surface area (Å²) in [5, 5.41) is 12.0. The lowest BCUT2D eigenvalue weighted by Crippen LogP contribution is -2.32.